The fraction of sp³-hybridized carbons (Fsp3) is 0.733. The second kappa shape index (κ2) is 6.56. The van der Waals surface area contributed by atoms with Gasteiger partial charge in [0.1, 0.15) is 16.8 Å². The Hall–Kier alpha value is -0.830. The third kappa shape index (κ3) is 3.38. The van der Waals surface area contributed by atoms with Crippen molar-refractivity contribution in [3.05, 3.63) is 16.5 Å². The summed E-state index contributed by atoms with van der Waals surface area (Å²) in [4.78, 5) is 8.91. The van der Waals surface area contributed by atoms with Crippen molar-refractivity contribution in [3.63, 3.8) is 0 Å². The molecule has 1 fully saturated rings. The third-order valence-corrected chi connectivity index (χ3v) is 4.57. The van der Waals surface area contributed by atoms with Crippen molar-refractivity contribution in [2.24, 2.45) is 5.92 Å². The maximum atomic E-state index is 6.19. The van der Waals surface area contributed by atoms with Gasteiger partial charge in [-0.3, -0.25) is 0 Å². The summed E-state index contributed by atoms with van der Waals surface area (Å²) in [5, 5.41) is 4.21. The highest BCUT2D eigenvalue weighted by molar-refractivity contribution is 6.30. The van der Waals surface area contributed by atoms with Crippen LogP contribution < -0.4 is 5.32 Å². The molecule has 1 aromatic rings. The van der Waals surface area contributed by atoms with Crippen molar-refractivity contribution in [1.82, 2.24) is 9.97 Å². The number of nitrogens with one attached hydrogen (secondary N) is 1. The van der Waals surface area contributed by atoms with Gasteiger partial charge in [-0.15, -0.1) is 0 Å². The van der Waals surface area contributed by atoms with E-state index in [1.54, 1.807) is 0 Å². The van der Waals surface area contributed by atoms with E-state index in [0.29, 0.717) is 11.2 Å². The first-order valence-electron chi connectivity index (χ1n) is 7.45. The molecule has 1 N–H and O–H groups in total. The lowest BCUT2D eigenvalue weighted by atomic mass is 9.83. The first kappa shape index (κ1) is 14.6. The first-order chi connectivity index (χ1) is 9.15. The minimum atomic E-state index is 0.535. The molecule has 0 radical (unpaired) electrons. The Morgan fingerprint density at radius 1 is 1.21 bits per heavy atom. The van der Waals surface area contributed by atoms with Gasteiger partial charge in [-0.25, -0.2) is 9.97 Å². The number of hydrogen-bond donors (Lipinski definition) is 1. The monoisotopic (exact) mass is 281 g/mol. The summed E-state index contributed by atoms with van der Waals surface area (Å²) >= 11 is 6.19. The largest absolute Gasteiger partial charge is 0.367 e. The van der Waals surface area contributed by atoms with Crippen molar-refractivity contribution in [2.45, 2.75) is 65.3 Å². The van der Waals surface area contributed by atoms with Crippen molar-refractivity contribution in [3.8, 4) is 0 Å². The topological polar surface area (TPSA) is 37.8 Å². The number of aromatic nitrogens is 2. The average molecular weight is 282 g/mol. The molecule has 0 spiro atoms. The highest BCUT2D eigenvalue weighted by Gasteiger charge is 2.24. The molecule has 2 atom stereocenters. The third-order valence-electron chi connectivity index (χ3n) is 4.20. The van der Waals surface area contributed by atoms with Crippen molar-refractivity contribution in [1.29, 1.82) is 0 Å². The quantitative estimate of drug-likeness (QED) is 0.832. The summed E-state index contributed by atoms with van der Waals surface area (Å²) in [6.07, 6.45) is 7.29. The van der Waals surface area contributed by atoms with E-state index in [4.69, 9.17) is 11.6 Å². The standard InChI is InChI=1S/C15H24ClN3/c1-4-11-8-6-7-9-12(11)17-15-10(3)14(16)18-13(5-2)19-15/h11-12H,4-9H2,1-3H3,(H,17,18,19). The molecule has 1 saturated carbocycles. The van der Waals surface area contributed by atoms with Crippen LogP contribution in [0.25, 0.3) is 0 Å². The summed E-state index contributed by atoms with van der Waals surface area (Å²) in [7, 11) is 0. The van der Waals surface area contributed by atoms with Gasteiger partial charge in [0.15, 0.2) is 0 Å². The van der Waals surface area contributed by atoms with Gasteiger partial charge in [-0.1, -0.05) is 44.7 Å². The minimum absolute atomic E-state index is 0.535. The number of anilines is 1. The minimum Gasteiger partial charge on any atom is -0.367 e. The molecule has 1 aliphatic rings. The Morgan fingerprint density at radius 2 is 1.95 bits per heavy atom. The van der Waals surface area contributed by atoms with Crippen molar-refractivity contribution < 1.29 is 0 Å². The molecule has 2 rings (SSSR count). The zero-order valence-corrected chi connectivity index (χ0v) is 12.9. The van der Waals surface area contributed by atoms with Crippen LogP contribution in [0.5, 0.6) is 0 Å². The van der Waals surface area contributed by atoms with Crippen molar-refractivity contribution >= 4 is 17.4 Å². The van der Waals surface area contributed by atoms with E-state index in [9.17, 15) is 0 Å². The summed E-state index contributed by atoms with van der Waals surface area (Å²) in [5.74, 6) is 2.51. The van der Waals surface area contributed by atoms with Crippen LogP contribution in [-0.2, 0) is 6.42 Å². The summed E-state index contributed by atoms with van der Waals surface area (Å²) < 4.78 is 0. The molecule has 0 amide bonds. The Labute approximate surface area is 121 Å². The number of nitrogens with zero attached hydrogens (tertiary/aromatic N) is 2. The van der Waals surface area contributed by atoms with Gasteiger partial charge < -0.3 is 5.32 Å². The Balaban J connectivity index is 2.19. The molecular formula is C15H24ClN3. The zero-order chi connectivity index (χ0) is 13.8. The lowest BCUT2D eigenvalue weighted by Crippen LogP contribution is -2.32. The number of aryl methyl sites for hydroxylation is 1. The number of rotatable bonds is 4. The highest BCUT2D eigenvalue weighted by atomic mass is 35.5. The summed E-state index contributed by atoms with van der Waals surface area (Å²) in [6.45, 7) is 6.33. The Bertz CT molecular complexity index is 434. The molecule has 4 heteroatoms. The summed E-state index contributed by atoms with van der Waals surface area (Å²) in [5.41, 5.74) is 0.972. The molecule has 1 aliphatic carbocycles. The Kier molecular flexibility index (Phi) is 5.03. The van der Waals surface area contributed by atoms with Gasteiger partial charge in [0.05, 0.1) is 0 Å². The maximum Gasteiger partial charge on any atom is 0.137 e. The number of halogens is 1. The number of hydrogen-bond acceptors (Lipinski definition) is 3. The van der Waals surface area contributed by atoms with E-state index in [-0.39, 0.29) is 0 Å². The zero-order valence-electron chi connectivity index (χ0n) is 12.2. The highest BCUT2D eigenvalue weighted by Crippen LogP contribution is 2.30. The van der Waals surface area contributed by atoms with E-state index in [2.05, 4.69) is 29.1 Å². The summed E-state index contributed by atoms with van der Waals surface area (Å²) in [6, 6.07) is 0.535. The molecule has 2 unspecified atom stereocenters. The van der Waals surface area contributed by atoms with Crippen LogP contribution in [0.4, 0.5) is 5.82 Å². The van der Waals surface area contributed by atoms with E-state index in [1.807, 2.05) is 6.92 Å². The predicted molar refractivity (Wildman–Crippen MR) is 80.8 cm³/mol. The van der Waals surface area contributed by atoms with Crippen LogP contribution in [0.1, 0.15) is 57.3 Å². The maximum absolute atomic E-state index is 6.19. The van der Waals surface area contributed by atoms with Crippen LogP contribution in [-0.4, -0.2) is 16.0 Å². The van der Waals surface area contributed by atoms with Gasteiger partial charge >= 0.3 is 0 Å². The molecular weight excluding hydrogens is 258 g/mol. The van der Waals surface area contributed by atoms with Crippen LogP contribution in [0.15, 0.2) is 0 Å². The molecule has 3 nitrogen and oxygen atoms in total. The van der Waals surface area contributed by atoms with Gasteiger partial charge in [0.2, 0.25) is 0 Å². The van der Waals surface area contributed by atoms with Gasteiger partial charge in [-0.2, -0.15) is 0 Å². The van der Waals surface area contributed by atoms with E-state index >= 15 is 0 Å². The predicted octanol–water partition coefficient (Wildman–Crippen LogP) is 4.38. The molecule has 0 saturated heterocycles. The molecule has 19 heavy (non-hydrogen) atoms. The van der Waals surface area contributed by atoms with E-state index in [1.165, 1.54) is 32.1 Å². The van der Waals surface area contributed by atoms with Crippen LogP contribution in [0, 0.1) is 12.8 Å². The fourth-order valence-electron chi connectivity index (χ4n) is 2.89. The first-order valence-corrected chi connectivity index (χ1v) is 7.83. The van der Waals surface area contributed by atoms with Gasteiger partial charge in [0.25, 0.3) is 0 Å². The average Bonchev–Trinajstić information content (AvgIpc) is 2.44. The van der Waals surface area contributed by atoms with Crippen LogP contribution >= 0.6 is 11.6 Å². The smallest absolute Gasteiger partial charge is 0.137 e. The molecule has 1 aromatic heterocycles. The SMILES string of the molecule is CCc1nc(Cl)c(C)c(NC2CCCCC2CC)n1. The van der Waals surface area contributed by atoms with Crippen molar-refractivity contribution in [2.75, 3.05) is 5.32 Å². The fourth-order valence-corrected chi connectivity index (χ4v) is 3.08. The molecule has 0 aliphatic heterocycles. The second-order valence-corrected chi connectivity index (χ2v) is 5.82. The molecule has 1 heterocycles. The van der Waals surface area contributed by atoms with E-state index in [0.717, 1.165) is 29.5 Å². The van der Waals surface area contributed by atoms with Gasteiger partial charge in [-0.05, 0) is 25.7 Å². The van der Waals surface area contributed by atoms with Crippen LogP contribution in [0.3, 0.4) is 0 Å². The molecule has 106 valence electrons. The molecule has 0 bridgehead atoms. The lowest BCUT2D eigenvalue weighted by molar-refractivity contribution is 0.316. The van der Waals surface area contributed by atoms with Crippen LogP contribution in [0.2, 0.25) is 5.15 Å². The lowest BCUT2D eigenvalue weighted by Gasteiger charge is -2.32. The van der Waals surface area contributed by atoms with E-state index < -0.39 is 0 Å². The van der Waals surface area contributed by atoms with Gasteiger partial charge in [0, 0.05) is 18.0 Å². The normalized spacial score (nSPS) is 23.4. The molecule has 0 aromatic carbocycles. The second-order valence-electron chi connectivity index (χ2n) is 5.46. The Morgan fingerprint density at radius 3 is 2.63 bits per heavy atom.